The zero-order valence-electron chi connectivity index (χ0n) is 11.2. The monoisotopic (exact) mass is 324 g/mol. The largest absolute Gasteiger partial charge is 0.374 e. The molecule has 5 nitrogen and oxygen atoms in total. The van der Waals surface area contributed by atoms with E-state index in [1.807, 2.05) is 0 Å². The van der Waals surface area contributed by atoms with Crippen LogP contribution in [-0.2, 0) is 14.8 Å². The van der Waals surface area contributed by atoms with Crippen molar-refractivity contribution in [3.63, 3.8) is 0 Å². The summed E-state index contributed by atoms with van der Waals surface area (Å²) in [4.78, 5) is -1.16. The van der Waals surface area contributed by atoms with Crippen molar-refractivity contribution < 1.29 is 26.3 Å². The van der Waals surface area contributed by atoms with E-state index in [1.165, 1.54) is 0 Å². The van der Waals surface area contributed by atoms with E-state index in [1.54, 1.807) is 6.92 Å². The molecular weight excluding hydrogens is 309 g/mol. The van der Waals surface area contributed by atoms with Crippen LogP contribution in [0.15, 0.2) is 17.0 Å². The number of sulfonamides is 1. The van der Waals surface area contributed by atoms with Crippen LogP contribution in [0.3, 0.4) is 0 Å². The number of nitrogens with zero attached hydrogens (tertiary/aromatic N) is 1. The highest BCUT2D eigenvalue weighted by molar-refractivity contribution is 7.89. The topological polar surface area (TPSA) is 72.6 Å². The molecule has 9 heteroatoms. The molecule has 0 aliphatic carbocycles. The summed E-state index contributed by atoms with van der Waals surface area (Å²) in [7, 11) is -4.45. The molecule has 118 valence electrons. The lowest BCUT2D eigenvalue weighted by Crippen LogP contribution is -2.53. The van der Waals surface area contributed by atoms with E-state index in [2.05, 4.69) is 0 Å². The van der Waals surface area contributed by atoms with Gasteiger partial charge in [-0.05, 0) is 6.92 Å². The summed E-state index contributed by atoms with van der Waals surface area (Å²) < 4.78 is 71.5. The Morgan fingerprint density at radius 1 is 1.33 bits per heavy atom. The van der Waals surface area contributed by atoms with Crippen LogP contribution in [0.25, 0.3) is 0 Å². The van der Waals surface area contributed by atoms with Crippen molar-refractivity contribution in [1.29, 1.82) is 0 Å². The Balaban J connectivity index is 2.46. The summed E-state index contributed by atoms with van der Waals surface area (Å²) in [5.74, 6) is -4.11. The summed E-state index contributed by atoms with van der Waals surface area (Å²) in [6, 6.07) is 0.0600. The second-order valence-electron chi connectivity index (χ2n) is 4.81. The lowest BCUT2D eigenvalue weighted by Gasteiger charge is -2.36. The highest BCUT2D eigenvalue weighted by atomic mass is 32.2. The van der Waals surface area contributed by atoms with Crippen molar-refractivity contribution in [3.05, 3.63) is 29.6 Å². The van der Waals surface area contributed by atoms with Crippen molar-refractivity contribution >= 4 is 10.0 Å². The smallest absolute Gasteiger partial charge is 0.249 e. The van der Waals surface area contributed by atoms with Crippen LogP contribution in [0, 0.1) is 17.5 Å². The van der Waals surface area contributed by atoms with E-state index < -0.39 is 44.5 Å². The van der Waals surface area contributed by atoms with Gasteiger partial charge in [0, 0.05) is 31.3 Å². The first kappa shape index (κ1) is 16.2. The number of nitrogens with two attached hydrogens (primary N) is 1. The summed E-state index contributed by atoms with van der Waals surface area (Å²) in [6.45, 7) is 1.57. The van der Waals surface area contributed by atoms with E-state index in [0.717, 1.165) is 4.31 Å². The number of ether oxygens (including phenoxy) is 1. The zero-order valence-corrected chi connectivity index (χ0v) is 12.0. The number of rotatable bonds is 3. The van der Waals surface area contributed by atoms with Gasteiger partial charge in [-0.1, -0.05) is 0 Å². The first-order valence-corrected chi connectivity index (χ1v) is 7.69. The number of benzene rings is 1. The third-order valence-corrected chi connectivity index (χ3v) is 5.27. The predicted octanol–water partition coefficient (Wildman–Crippen LogP) is 0.841. The molecule has 0 aromatic heterocycles. The van der Waals surface area contributed by atoms with Crippen molar-refractivity contribution in [2.24, 2.45) is 5.73 Å². The van der Waals surface area contributed by atoms with Crippen LogP contribution < -0.4 is 5.73 Å². The molecule has 1 aromatic rings. The van der Waals surface area contributed by atoms with Gasteiger partial charge in [0.25, 0.3) is 0 Å². The molecule has 1 heterocycles. The molecule has 0 spiro atoms. The Morgan fingerprint density at radius 2 is 1.90 bits per heavy atom. The van der Waals surface area contributed by atoms with Gasteiger partial charge in [-0.15, -0.1) is 0 Å². The molecule has 1 fully saturated rings. The molecule has 0 amide bonds. The number of halogens is 3. The highest BCUT2D eigenvalue weighted by Crippen LogP contribution is 2.27. The third kappa shape index (κ3) is 3.05. The molecule has 1 aliphatic rings. The average Bonchev–Trinajstić information content (AvgIpc) is 2.37. The van der Waals surface area contributed by atoms with E-state index in [-0.39, 0.29) is 19.7 Å². The molecule has 2 atom stereocenters. The van der Waals surface area contributed by atoms with Gasteiger partial charge < -0.3 is 10.5 Å². The van der Waals surface area contributed by atoms with Crippen molar-refractivity contribution in [1.82, 2.24) is 4.31 Å². The third-order valence-electron chi connectivity index (χ3n) is 3.24. The van der Waals surface area contributed by atoms with Crippen molar-refractivity contribution in [2.75, 3.05) is 19.7 Å². The summed E-state index contributed by atoms with van der Waals surface area (Å²) >= 11 is 0. The molecule has 2 N–H and O–H groups in total. The van der Waals surface area contributed by atoms with Gasteiger partial charge in [0.2, 0.25) is 10.0 Å². The van der Waals surface area contributed by atoms with Gasteiger partial charge >= 0.3 is 0 Å². The second kappa shape index (κ2) is 5.91. The van der Waals surface area contributed by atoms with Crippen molar-refractivity contribution in [3.8, 4) is 0 Å². The van der Waals surface area contributed by atoms with Crippen LogP contribution in [0.4, 0.5) is 13.2 Å². The number of hydrogen-bond acceptors (Lipinski definition) is 4. The minimum absolute atomic E-state index is 0.0610. The molecule has 21 heavy (non-hydrogen) atoms. The first-order valence-electron chi connectivity index (χ1n) is 6.25. The predicted molar refractivity (Wildman–Crippen MR) is 68.5 cm³/mol. The van der Waals surface area contributed by atoms with Gasteiger partial charge in [0.15, 0.2) is 4.90 Å². The van der Waals surface area contributed by atoms with Gasteiger partial charge in [-0.2, -0.15) is 4.31 Å². The van der Waals surface area contributed by atoms with Crippen LogP contribution >= 0.6 is 0 Å². The molecule has 2 rings (SSSR count). The maximum Gasteiger partial charge on any atom is 0.249 e. The summed E-state index contributed by atoms with van der Waals surface area (Å²) in [6.07, 6.45) is -0.553. The lowest BCUT2D eigenvalue weighted by molar-refractivity contribution is -0.0221. The first-order chi connectivity index (χ1) is 9.77. The Morgan fingerprint density at radius 3 is 2.43 bits per heavy atom. The molecule has 0 radical (unpaired) electrons. The van der Waals surface area contributed by atoms with Crippen LogP contribution in [-0.4, -0.2) is 44.6 Å². The SMILES string of the molecule is CC1COC(CN)CN1S(=O)(=O)c1c(F)cc(F)cc1F. The minimum Gasteiger partial charge on any atom is -0.374 e. The molecule has 1 aromatic carbocycles. The van der Waals surface area contributed by atoms with E-state index in [9.17, 15) is 21.6 Å². The fraction of sp³-hybridized carbons (Fsp3) is 0.500. The standard InChI is InChI=1S/C12H15F3N2O3S/c1-7-6-20-9(4-16)5-17(7)21(18,19)12-10(14)2-8(13)3-11(12)15/h2-3,7,9H,4-6,16H2,1H3. The van der Waals surface area contributed by atoms with Crippen LogP contribution in [0.2, 0.25) is 0 Å². The van der Waals surface area contributed by atoms with Crippen LogP contribution in [0.1, 0.15) is 6.92 Å². The maximum atomic E-state index is 13.7. The van der Waals surface area contributed by atoms with Gasteiger partial charge in [-0.3, -0.25) is 0 Å². The fourth-order valence-electron chi connectivity index (χ4n) is 2.16. The lowest BCUT2D eigenvalue weighted by atomic mass is 10.2. The second-order valence-corrected chi connectivity index (χ2v) is 6.64. The Kier molecular flexibility index (Phi) is 4.57. The zero-order chi connectivity index (χ0) is 15.8. The van der Waals surface area contributed by atoms with Crippen molar-refractivity contribution in [2.45, 2.75) is 24.0 Å². The normalized spacial score (nSPS) is 24.2. The number of morpholine rings is 1. The van der Waals surface area contributed by atoms with Crippen LogP contribution in [0.5, 0.6) is 0 Å². The molecule has 1 aliphatic heterocycles. The quantitative estimate of drug-likeness (QED) is 0.894. The average molecular weight is 324 g/mol. The maximum absolute atomic E-state index is 13.7. The molecule has 0 saturated carbocycles. The van der Waals surface area contributed by atoms with E-state index >= 15 is 0 Å². The molecule has 2 unspecified atom stereocenters. The Hall–Kier alpha value is -1.16. The Labute approximate surface area is 120 Å². The van der Waals surface area contributed by atoms with E-state index in [4.69, 9.17) is 10.5 Å². The van der Waals surface area contributed by atoms with Gasteiger partial charge in [0.05, 0.1) is 12.7 Å². The summed E-state index contributed by atoms with van der Waals surface area (Å²) in [5, 5.41) is 0. The van der Waals surface area contributed by atoms with Gasteiger partial charge in [0.1, 0.15) is 17.5 Å². The minimum atomic E-state index is -4.45. The van der Waals surface area contributed by atoms with Gasteiger partial charge in [-0.25, -0.2) is 21.6 Å². The number of hydrogen-bond donors (Lipinski definition) is 1. The molecular formula is C12H15F3N2O3S. The summed E-state index contributed by atoms with van der Waals surface area (Å²) in [5.41, 5.74) is 5.43. The molecule has 1 saturated heterocycles. The highest BCUT2D eigenvalue weighted by Gasteiger charge is 2.38. The molecule has 0 bridgehead atoms. The fourth-order valence-corrected chi connectivity index (χ4v) is 3.90. The Bertz CT molecular complexity index is 616. The van der Waals surface area contributed by atoms with E-state index in [0.29, 0.717) is 12.1 Å².